The molecule has 2 N–H and O–H groups in total. The summed E-state index contributed by atoms with van der Waals surface area (Å²) in [6, 6.07) is 13.3. The zero-order valence-corrected chi connectivity index (χ0v) is 21.0. The van der Waals surface area contributed by atoms with Gasteiger partial charge in [-0.1, -0.05) is 12.1 Å². The predicted molar refractivity (Wildman–Crippen MR) is 138 cm³/mol. The van der Waals surface area contributed by atoms with E-state index >= 15 is 0 Å². The average molecular weight is 524 g/mol. The lowest BCUT2D eigenvalue weighted by atomic mass is 10.0. The van der Waals surface area contributed by atoms with Crippen molar-refractivity contribution >= 4 is 34.1 Å². The standard InChI is InChI=1S/C28H24F3N3O4/c1-15-8-9-18(33-26(35)20-6-5-7-22(16(20)2)28(29,30)31)12-21(15)27(36)34-19-10-17-11-24(37-3)25(38-4)13-23(17)32-14-19/h5-14H,1-4H3,(H,33,35)(H,34,36). The van der Waals surface area contributed by atoms with E-state index in [9.17, 15) is 22.8 Å². The van der Waals surface area contributed by atoms with Crippen LogP contribution in [-0.4, -0.2) is 31.0 Å². The smallest absolute Gasteiger partial charge is 0.416 e. The fourth-order valence-electron chi connectivity index (χ4n) is 4.05. The number of pyridine rings is 1. The summed E-state index contributed by atoms with van der Waals surface area (Å²) < 4.78 is 50.4. The van der Waals surface area contributed by atoms with Gasteiger partial charge < -0.3 is 20.1 Å². The minimum Gasteiger partial charge on any atom is -0.493 e. The van der Waals surface area contributed by atoms with Crippen LogP contribution in [-0.2, 0) is 6.18 Å². The molecular weight excluding hydrogens is 499 g/mol. The summed E-state index contributed by atoms with van der Waals surface area (Å²) in [4.78, 5) is 30.2. The molecule has 0 aliphatic carbocycles. The van der Waals surface area contributed by atoms with Crippen LogP contribution in [0.2, 0.25) is 0 Å². The first-order valence-corrected chi connectivity index (χ1v) is 11.4. The van der Waals surface area contributed by atoms with Crippen LogP contribution in [0, 0.1) is 13.8 Å². The third-order valence-electron chi connectivity index (χ3n) is 6.07. The van der Waals surface area contributed by atoms with Gasteiger partial charge in [-0.05, 0) is 61.4 Å². The molecular formula is C28H24F3N3O4. The van der Waals surface area contributed by atoms with Gasteiger partial charge in [-0.25, -0.2) is 0 Å². The molecule has 38 heavy (non-hydrogen) atoms. The van der Waals surface area contributed by atoms with E-state index in [1.807, 2.05) is 0 Å². The molecule has 7 nitrogen and oxygen atoms in total. The Morgan fingerprint density at radius 2 is 1.47 bits per heavy atom. The molecule has 0 saturated carbocycles. The van der Waals surface area contributed by atoms with E-state index in [1.54, 1.807) is 37.3 Å². The van der Waals surface area contributed by atoms with E-state index in [0.717, 1.165) is 11.5 Å². The van der Waals surface area contributed by atoms with E-state index in [2.05, 4.69) is 15.6 Å². The lowest BCUT2D eigenvalue weighted by Gasteiger charge is -2.15. The van der Waals surface area contributed by atoms with E-state index in [1.165, 1.54) is 45.5 Å². The zero-order chi connectivity index (χ0) is 27.6. The molecule has 0 aliphatic rings. The molecule has 1 aromatic heterocycles. The first kappa shape index (κ1) is 26.5. The van der Waals surface area contributed by atoms with Gasteiger partial charge in [0.15, 0.2) is 11.5 Å². The number of carbonyl (C=O) groups is 2. The molecule has 0 spiro atoms. The molecule has 4 aromatic rings. The minimum atomic E-state index is -4.58. The van der Waals surface area contributed by atoms with Crippen molar-refractivity contribution in [3.8, 4) is 11.5 Å². The molecule has 1 heterocycles. The SMILES string of the molecule is COc1cc2cc(NC(=O)c3cc(NC(=O)c4cccc(C(F)(F)F)c4C)ccc3C)cnc2cc1OC. The number of hydrogen-bond donors (Lipinski definition) is 2. The van der Waals surface area contributed by atoms with Crippen LogP contribution >= 0.6 is 0 Å². The van der Waals surface area contributed by atoms with Crippen molar-refractivity contribution in [1.82, 2.24) is 4.98 Å². The van der Waals surface area contributed by atoms with Gasteiger partial charge in [-0.15, -0.1) is 0 Å². The van der Waals surface area contributed by atoms with Gasteiger partial charge >= 0.3 is 6.18 Å². The van der Waals surface area contributed by atoms with Crippen molar-refractivity contribution in [2.75, 3.05) is 24.9 Å². The third kappa shape index (κ3) is 5.39. The van der Waals surface area contributed by atoms with Crippen molar-refractivity contribution in [2.45, 2.75) is 20.0 Å². The Labute approximate surface area is 216 Å². The second-order valence-corrected chi connectivity index (χ2v) is 8.54. The molecule has 196 valence electrons. The Morgan fingerprint density at radius 3 is 2.16 bits per heavy atom. The topological polar surface area (TPSA) is 89.6 Å². The highest BCUT2D eigenvalue weighted by atomic mass is 19.4. The van der Waals surface area contributed by atoms with Crippen LogP contribution in [0.15, 0.2) is 60.8 Å². The number of halogens is 3. The Bertz CT molecular complexity index is 1550. The van der Waals surface area contributed by atoms with Crippen LogP contribution in [0.5, 0.6) is 11.5 Å². The summed E-state index contributed by atoms with van der Waals surface area (Å²) in [7, 11) is 3.05. The van der Waals surface area contributed by atoms with Crippen LogP contribution in [0.3, 0.4) is 0 Å². The van der Waals surface area contributed by atoms with Crippen LogP contribution in [0.1, 0.15) is 37.4 Å². The average Bonchev–Trinajstić information content (AvgIpc) is 2.88. The molecule has 2 amide bonds. The predicted octanol–water partition coefficient (Wildman–Crippen LogP) is 6.39. The molecule has 0 atom stereocenters. The molecule has 3 aromatic carbocycles. The highest BCUT2D eigenvalue weighted by Crippen LogP contribution is 2.34. The lowest BCUT2D eigenvalue weighted by Crippen LogP contribution is -2.18. The van der Waals surface area contributed by atoms with Crippen molar-refractivity contribution in [1.29, 1.82) is 0 Å². The van der Waals surface area contributed by atoms with Gasteiger partial charge in [-0.3, -0.25) is 14.6 Å². The first-order chi connectivity index (χ1) is 18.0. The Hall–Kier alpha value is -4.60. The lowest BCUT2D eigenvalue weighted by molar-refractivity contribution is -0.138. The van der Waals surface area contributed by atoms with Crippen molar-refractivity contribution in [3.05, 3.63) is 88.6 Å². The first-order valence-electron chi connectivity index (χ1n) is 11.4. The summed E-state index contributed by atoms with van der Waals surface area (Å²) in [5, 5.41) is 6.10. The Kier molecular flexibility index (Phi) is 7.25. The minimum absolute atomic E-state index is 0.110. The number of anilines is 2. The molecule has 0 bridgehead atoms. The molecule has 4 rings (SSSR count). The molecule has 0 aliphatic heterocycles. The Morgan fingerprint density at radius 1 is 0.816 bits per heavy atom. The van der Waals surface area contributed by atoms with E-state index in [-0.39, 0.29) is 22.4 Å². The number of nitrogens with one attached hydrogen (secondary N) is 2. The number of nitrogens with zero attached hydrogens (tertiary/aromatic N) is 1. The number of aromatic nitrogens is 1. The Balaban J connectivity index is 1.57. The second kappa shape index (κ2) is 10.4. The van der Waals surface area contributed by atoms with E-state index < -0.39 is 23.6 Å². The third-order valence-corrected chi connectivity index (χ3v) is 6.07. The van der Waals surface area contributed by atoms with Gasteiger partial charge in [0.2, 0.25) is 0 Å². The largest absolute Gasteiger partial charge is 0.493 e. The highest BCUT2D eigenvalue weighted by Gasteiger charge is 2.33. The molecule has 0 unspecified atom stereocenters. The quantitative estimate of drug-likeness (QED) is 0.306. The van der Waals surface area contributed by atoms with Gasteiger partial charge in [-0.2, -0.15) is 13.2 Å². The summed E-state index contributed by atoms with van der Waals surface area (Å²) >= 11 is 0. The fourth-order valence-corrected chi connectivity index (χ4v) is 4.05. The van der Waals surface area contributed by atoms with Crippen LogP contribution in [0.4, 0.5) is 24.5 Å². The van der Waals surface area contributed by atoms with Crippen molar-refractivity contribution < 1.29 is 32.2 Å². The highest BCUT2D eigenvalue weighted by molar-refractivity contribution is 6.09. The zero-order valence-electron chi connectivity index (χ0n) is 21.0. The number of rotatable bonds is 6. The van der Waals surface area contributed by atoms with Gasteiger partial charge in [0.1, 0.15) is 0 Å². The summed E-state index contributed by atoms with van der Waals surface area (Å²) in [5.41, 5.74) is 1.08. The molecule has 10 heteroatoms. The van der Waals surface area contributed by atoms with Gasteiger partial charge in [0.25, 0.3) is 11.8 Å². The van der Waals surface area contributed by atoms with Gasteiger partial charge in [0, 0.05) is 28.3 Å². The maximum Gasteiger partial charge on any atom is 0.416 e. The number of hydrogen-bond acceptors (Lipinski definition) is 5. The second-order valence-electron chi connectivity index (χ2n) is 8.54. The van der Waals surface area contributed by atoms with E-state index in [0.29, 0.717) is 28.3 Å². The number of fused-ring (bicyclic) bond motifs is 1. The van der Waals surface area contributed by atoms with Crippen LogP contribution in [0.25, 0.3) is 10.9 Å². The molecule has 0 fully saturated rings. The summed E-state index contributed by atoms with van der Waals surface area (Å²) in [5.74, 6) is -0.123. The number of amides is 2. The summed E-state index contributed by atoms with van der Waals surface area (Å²) in [6.45, 7) is 2.97. The van der Waals surface area contributed by atoms with Crippen LogP contribution < -0.4 is 20.1 Å². The van der Waals surface area contributed by atoms with E-state index in [4.69, 9.17) is 9.47 Å². The summed E-state index contributed by atoms with van der Waals surface area (Å²) in [6.07, 6.45) is -3.08. The monoisotopic (exact) mass is 523 g/mol. The number of benzene rings is 3. The normalized spacial score (nSPS) is 11.2. The van der Waals surface area contributed by atoms with Gasteiger partial charge in [0.05, 0.1) is 37.2 Å². The fraction of sp³-hybridized carbons (Fsp3) is 0.179. The number of aryl methyl sites for hydroxylation is 1. The van der Waals surface area contributed by atoms with Crippen molar-refractivity contribution in [3.63, 3.8) is 0 Å². The molecule has 0 saturated heterocycles. The maximum atomic E-state index is 13.2. The maximum absolute atomic E-state index is 13.2. The number of alkyl halides is 3. The van der Waals surface area contributed by atoms with Crippen molar-refractivity contribution in [2.24, 2.45) is 0 Å². The number of ether oxygens (including phenoxy) is 2. The number of methoxy groups -OCH3 is 2. The molecule has 0 radical (unpaired) electrons. The number of carbonyl (C=O) groups excluding carboxylic acids is 2.